The van der Waals surface area contributed by atoms with Gasteiger partial charge in [-0.2, -0.15) is 15.0 Å². The van der Waals surface area contributed by atoms with Gasteiger partial charge in [0, 0.05) is 26.5 Å². The first-order chi connectivity index (χ1) is 11.1. The van der Waals surface area contributed by atoms with Gasteiger partial charge in [-0.1, -0.05) is 0 Å². The summed E-state index contributed by atoms with van der Waals surface area (Å²) in [6.45, 7) is 1.40. The molecule has 0 aromatic carbocycles. The first kappa shape index (κ1) is 16.2. The Bertz CT molecular complexity index is 596. The Morgan fingerprint density at radius 2 is 2.13 bits per heavy atom. The molecule has 8 nitrogen and oxygen atoms in total. The minimum Gasteiger partial charge on any atom is -0.466 e. The first-order valence-corrected chi connectivity index (χ1v) is 7.90. The quantitative estimate of drug-likeness (QED) is 0.713. The van der Waals surface area contributed by atoms with Gasteiger partial charge >= 0.3 is 12.0 Å². The van der Waals surface area contributed by atoms with Crippen molar-refractivity contribution < 1.29 is 19.0 Å². The van der Waals surface area contributed by atoms with E-state index in [0.717, 1.165) is 19.4 Å². The van der Waals surface area contributed by atoms with E-state index in [9.17, 15) is 4.79 Å². The summed E-state index contributed by atoms with van der Waals surface area (Å²) in [5.41, 5.74) is -0.979. The van der Waals surface area contributed by atoms with E-state index in [-0.39, 0.29) is 17.3 Å². The largest absolute Gasteiger partial charge is 0.466 e. The molecular weight excluding hydrogens is 324 g/mol. The average molecular weight is 343 g/mol. The predicted octanol–water partition coefficient (Wildman–Crippen LogP) is 1.22. The lowest BCUT2D eigenvalue weighted by molar-refractivity contribution is -0.151. The highest BCUT2D eigenvalue weighted by Gasteiger charge is 2.55. The summed E-state index contributed by atoms with van der Waals surface area (Å²) < 4.78 is 15.7. The summed E-state index contributed by atoms with van der Waals surface area (Å²) in [5.74, 6) is 0.0224. The van der Waals surface area contributed by atoms with E-state index in [1.807, 2.05) is 4.90 Å². The van der Waals surface area contributed by atoms with Crippen molar-refractivity contribution in [1.29, 1.82) is 0 Å². The Labute approximate surface area is 139 Å². The highest BCUT2D eigenvalue weighted by atomic mass is 35.5. The van der Waals surface area contributed by atoms with Crippen molar-refractivity contribution in [2.24, 2.45) is 0 Å². The molecule has 1 aromatic heterocycles. The Balaban J connectivity index is 1.81. The molecule has 9 heteroatoms. The number of nitrogens with zero attached hydrogens (tertiary/aromatic N) is 4. The second-order valence-electron chi connectivity index (χ2n) is 5.72. The van der Waals surface area contributed by atoms with Crippen molar-refractivity contribution in [3.05, 3.63) is 5.28 Å². The molecule has 1 saturated carbocycles. The number of halogens is 1. The maximum Gasteiger partial charge on any atom is 0.350 e. The molecule has 1 saturated heterocycles. The van der Waals surface area contributed by atoms with Crippen LogP contribution in [-0.2, 0) is 14.3 Å². The molecule has 1 aromatic rings. The summed E-state index contributed by atoms with van der Waals surface area (Å²) in [4.78, 5) is 26.3. The Morgan fingerprint density at radius 1 is 1.35 bits per heavy atom. The number of ether oxygens (including phenoxy) is 3. The molecule has 0 unspecified atom stereocenters. The third kappa shape index (κ3) is 3.32. The van der Waals surface area contributed by atoms with Gasteiger partial charge in [0.25, 0.3) is 0 Å². The third-order valence-corrected chi connectivity index (χ3v) is 4.29. The van der Waals surface area contributed by atoms with E-state index in [1.54, 1.807) is 7.11 Å². The third-order valence-electron chi connectivity index (χ3n) is 4.12. The zero-order valence-corrected chi connectivity index (χ0v) is 13.9. The van der Waals surface area contributed by atoms with Crippen LogP contribution in [0.15, 0.2) is 0 Å². The van der Waals surface area contributed by atoms with E-state index < -0.39 is 11.6 Å². The molecule has 0 amide bonds. The molecule has 2 heterocycles. The molecule has 126 valence electrons. The van der Waals surface area contributed by atoms with Crippen LogP contribution in [0.3, 0.4) is 0 Å². The molecule has 23 heavy (non-hydrogen) atoms. The lowest BCUT2D eigenvalue weighted by Crippen LogP contribution is -2.35. The van der Waals surface area contributed by atoms with E-state index in [0.29, 0.717) is 25.4 Å². The Hall–Kier alpha value is -1.67. The smallest absolute Gasteiger partial charge is 0.350 e. The Kier molecular flexibility index (Phi) is 4.54. The fourth-order valence-electron chi connectivity index (χ4n) is 2.78. The number of methoxy groups -OCH3 is 2. The van der Waals surface area contributed by atoms with Crippen LogP contribution < -0.4 is 9.64 Å². The molecular formula is C14H19ClN4O4. The molecule has 2 aliphatic rings. The van der Waals surface area contributed by atoms with Crippen molar-refractivity contribution in [3.63, 3.8) is 0 Å². The van der Waals surface area contributed by atoms with Crippen molar-refractivity contribution in [1.82, 2.24) is 15.0 Å². The highest BCUT2D eigenvalue weighted by Crippen LogP contribution is 2.40. The number of hydrogen-bond acceptors (Lipinski definition) is 8. The summed E-state index contributed by atoms with van der Waals surface area (Å²) in [7, 11) is 3.00. The minimum atomic E-state index is -0.979. The molecule has 0 radical (unpaired) electrons. The summed E-state index contributed by atoms with van der Waals surface area (Å²) in [6, 6.07) is 0.243. The number of rotatable bonds is 6. The molecule has 0 N–H and O–H groups in total. The molecule has 0 bridgehead atoms. The Morgan fingerprint density at radius 3 is 2.78 bits per heavy atom. The van der Waals surface area contributed by atoms with Crippen LogP contribution in [0.2, 0.25) is 5.28 Å². The molecule has 1 aliphatic heterocycles. The SMILES string of the molecule is COC[C@@H]1CCCN1c1nc(Cl)nc(OC2(C(=O)OC)CC2)n1. The number of carbonyl (C=O) groups is 1. The van der Waals surface area contributed by atoms with E-state index in [1.165, 1.54) is 7.11 Å². The number of carbonyl (C=O) groups excluding carboxylic acids is 1. The zero-order valence-electron chi connectivity index (χ0n) is 13.1. The topological polar surface area (TPSA) is 86.7 Å². The van der Waals surface area contributed by atoms with Gasteiger partial charge in [0.2, 0.25) is 16.8 Å². The molecule has 1 aliphatic carbocycles. The van der Waals surface area contributed by atoms with Crippen molar-refractivity contribution >= 4 is 23.5 Å². The van der Waals surface area contributed by atoms with Crippen LogP contribution in [0.1, 0.15) is 25.7 Å². The van der Waals surface area contributed by atoms with Crippen LogP contribution in [0.5, 0.6) is 6.01 Å². The predicted molar refractivity (Wildman–Crippen MR) is 81.7 cm³/mol. The van der Waals surface area contributed by atoms with Gasteiger partial charge in [0.15, 0.2) is 0 Å². The van der Waals surface area contributed by atoms with Crippen LogP contribution in [0.4, 0.5) is 5.95 Å². The highest BCUT2D eigenvalue weighted by molar-refractivity contribution is 6.28. The number of hydrogen-bond donors (Lipinski definition) is 0. The molecule has 2 fully saturated rings. The van der Waals surface area contributed by atoms with Crippen molar-refractivity contribution in [2.45, 2.75) is 37.3 Å². The zero-order chi connectivity index (χ0) is 16.4. The van der Waals surface area contributed by atoms with Crippen molar-refractivity contribution in [3.8, 4) is 6.01 Å². The maximum absolute atomic E-state index is 11.8. The van der Waals surface area contributed by atoms with E-state index in [4.69, 9.17) is 25.8 Å². The van der Waals surface area contributed by atoms with Gasteiger partial charge in [0.05, 0.1) is 19.8 Å². The first-order valence-electron chi connectivity index (χ1n) is 7.52. The normalized spacial score (nSPS) is 22.0. The maximum atomic E-state index is 11.8. The number of anilines is 1. The monoisotopic (exact) mass is 342 g/mol. The fourth-order valence-corrected chi connectivity index (χ4v) is 2.93. The van der Waals surface area contributed by atoms with Crippen molar-refractivity contribution in [2.75, 3.05) is 32.3 Å². The van der Waals surface area contributed by atoms with Crippen LogP contribution in [-0.4, -0.2) is 59.9 Å². The van der Waals surface area contributed by atoms with Gasteiger partial charge in [-0.25, -0.2) is 4.79 Å². The van der Waals surface area contributed by atoms with Gasteiger partial charge < -0.3 is 19.1 Å². The standard InChI is InChI=1S/C14H19ClN4O4/c1-21-8-9-4-3-7-19(9)12-16-11(15)17-13(18-12)23-14(5-6-14)10(20)22-2/h9H,3-8H2,1-2H3/t9-/m0/s1. The number of esters is 1. The van der Waals surface area contributed by atoms with Crippen LogP contribution in [0.25, 0.3) is 0 Å². The van der Waals surface area contributed by atoms with Crippen LogP contribution in [0, 0.1) is 0 Å². The average Bonchev–Trinajstić information content (AvgIpc) is 3.15. The lowest BCUT2D eigenvalue weighted by atomic mass is 10.2. The molecule has 0 spiro atoms. The second-order valence-corrected chi connectivity index (χ2v) is 6.06. The van der Waals surface area contributed by atoms with Gasteiger partial charge in [-0.05, 0) is 24.4 Å². The van der Waals surface area contributed by atoms with E-state index >= 15 is 0 Å². The van der Waals surface area contributed by atoms with E-state index in [2.05, 4.69) is 15.0 Å². The summed E-state index contributed by atoms with van der Waals surface area (Å²) in [6.07, 6.45) is 3.18. The number of aromatic nitrogens is 3. The molecule has 1 atom stereocenters. The minimum absolute atomic E-state index is 0.0359. The molecule has 3 rings (SSSR count). The fraction of sp³-hybridized carbons (Fsp3) is 0.714. The summed E-state index contributed by atoms with van der Waals surface area (Å²) in [5, 5.41) is 0.0359. The van der Waals surface area contributed by atoms with Gasteiger partial charge in [-0.3, -0.25) is 0 Å². The van der Waals surface area contributed by atoms with Crippen LogP contribution >= 0.6 is 11.6 Å². The van der Waals surface area contributed by atoms with Gasteiger partial charge in [-0.15, -0.1) is 0 Å². The second kappa shape index (κ2) is 6.45. The lowest BCUT2D eigenvalue weighted by Gasteiger charge is -2.24. The summed E-state index contributed by atoms with van der Waals surface area (Å²) >= 11 is 6.00. The van der Waals surface area contributed by atoms with Gasteiger partial charge in [0.1, 0.15) is 0 Å².